The summed E-state index contributed by atoms with van der Waals surface area (Å²) in [6.07, 6.45) is 3.19. The largest absolute Gasteiger partial charge is 0.381 e. The van der Waals surface area contributed by atoms with Crippen molar-refractivity contribution >= 4 is 17.3 Å². The smallest absolute Gasteiger partial charge is 0.191 e. The van der Waals surface area contributed by atoms with Gasteiger partial charge in [-0.1, -0.05) is 24.3 Å². The zero-order chi connectivity index (χ0) is 19.6. The Balaban J connectivity index is 1.40. The van der Waals surface area contributed by atoms with E-state index in [0.29, 0.717) is 12.7 Å². The van der Waals surface area contributed by atoms with Crippen LogP contribution in [0.2, 0.25) is 0 Å². The molecule has 6 nitrogen and oxygen atoms in total. The number of rotatable bonds is 8. The highest BCUT2D eigenvalue weighted by atomic mass is 32.1. The lowest BCUT2D eigenvalue weighted by atomic mass is 10.1. The van der Waals surface area contributed by atoms with E-state index >= 15 is 0 Å². The van der Waals surface area contributed by atoms with Crippen molar-refractivity contribution in [2.24, 2.45) is 4.99 Å². The van der Waals surface area contributed by atoms with Gasteiger partial charge in [-0.3, -0.25) is 4.99 Å². The Morgan fingerprint density at radius 2 is 2.11 bits per heavy atom. The molecule has 0 spiro atoms. The third kappa shape index (κ3) is 6.89. The molecule has 28 heavy (non-hydrogen) atoms. The van der Waals surface area contributed by atoms with Crippen molar-refractivity contribution < 1.29 is 9.47 Å². The molecule has 0 unspecified atom stereocenters. The van der Waals surface area contributed by atoms with E-state index in [1.165, 1.54) is 11.1 Å². The molecule has 1 aliphatic heterocycles. The first kappa shape index (κ1) is 20.8. The molecule has 2 aromatic rings. The first-order valence-corrected chi connectivity index (χ1v) is 10.7. The average molecular weight is 403 g/mol. The molecule has 0 amide bonds. The van der Waals surface area contributed by atoms with Gasteiger partial charge in [-0.05, 0) is 30.9 Å². The summed E-state index contributed by atoms with van der Waals surface area (Å²) in [5, 5.41) is 9.94. The lowest BCUT2D eigenvalue weighted by Crippen LogP contribution is -2.37. The number of thiazole rings is 1. The molecule has 1 saturated heterocycles. The lowest BCUT2D eigenvalue weighted by molar-refractivity contribution is -0.0390. The zero-order valence-electron chi connectivity index (χ0n) is 16.7. The van der Waals surface area contributed by atoms with Crippen molar-refractivity contribution in [3.05, 3.63) is 51.5 Å². The molecule has 7 heteroatoms. The van der Waals surface area contributed by atoms with Crippen LogP contribution in [0.5, 0.6) is 0 Å². The summed E-state index contributed by atoms with van der Waals surface area (Å²) in [5.41, 5.74) is 3.54. The molecule has 1 aliphatic rings. The number of ether oxygens (including phenoxy) is 2. The number of hydrogen-bond donors (Lipinski definition) is 2. The number of hydrogen-bond acceptors (Lipinski definition) is 5. The third-order valence-corrected chi connectivity index (χ3v) is 5.49. The molecule has 2 N–H and O–H groups in total. The quantitative estimate of drug-likeness (QED) is 0.525. The Morgan fingerprint density at radius 3 is 2.86 bits per heavy atom. The lowest BCUT2D eigenvalue weighted by Gasteiger charge is -2.22. The maximum absolute atomic E-state index is 6.03. The Labute approximate surface area is 171 Å². The van der Waals surface area contributed by atoms with Crippen LogP contribution in [0.3, 0.4) is 0 Å². The fraction of sp³-hybridized carbons (Fsp3) is 0.524. The van der Waals surface area contributed by atoms with E-state index in [9.17, 15) is 0 Å². The summed E-state index contributed by atoms with van der Waals surface area (Å²) in [5.74, 6) is 0.802. The van der Waals surface area contributed by atoms with E-state index in [1.54, 1.807) is 18.4 Å². The highest BCUT2D eigenvalue weighted by molar-refractivity contribution is 7.09. The number of aliphatic imine (C=N–C) groups is 1. The van der Waals surface area contributed by atoms with Crippen molar-refractivity contribution in [1.82, 2.24) is 15.6 Å². The predicted molar refractivity (Wildman–Crippen MR) is 114 cm³/mol. The van der Waals surface area contributed by atoms with E-state index in [4.69, 9.17) is 9.47 Å². The van der Waals surface area contributed by atoms with E-state index in [1.807, 2.05) is 6.92 Å². The minimum Gasteiger partial charge on any atom is -0.381 e. The molecule has 0 saturated carbocycles. The summed E-state index contributed by atoms with van der Waals surface area (Å²) in [7, 11) is 1.79. The van der Waals surface area contributed by atoms with Gasteiger partial charge in [0.15, 0.2) is 5.96 Å². The van der Waals surface area contributed by atoms with Crippen LogP contribution in [0, 0.1) is 6.92 Å². The van der Waals surface area contributed by atoms with Crippen LogP contribution in [0.4, 0.5) is 0 Å². The van der Waals surface area contributed by atoms with Crippen LogP contribution in [-0.4, -0.2) is 43.9 Å². The standard InChI is InChI=1S/C21H30N4O2S/c1-16-25-19(15-28-16)6-9-23-21(22-2)24-13-17-4-3-5-18(12-17)14-27-20-7-10-26-11-8-20/h3-5,12,15,20H,6-11,13-14H2,1-2H3,(H2,22,23,24). The number of aromatic nitrogens is 1. The molecular weight excluding hydrogens is 372 g/mol. The minimum atomic E-state index is 0.320. The Hall–Kier alpha value is -1.96. The molecule has 3 rings (SSSR count). The van der Waals surface area contributed by atoms with Crippen LogP contribution in [0.15, 0.2) is 34.6 Å². The number of benzene rings is 1. The van der Waals surface area contributed by atoms with Gasteiger partial charge in [0.2, 0.25) is 0 Å². The summed E-state index contributed by atoms with van der Waals surface area (Å²) in [4.78, 5) is 8.79. The fourth-order valence-electron chi connectivity index (χ4n) is 3.12. The fourth-order valence-corrected chi connectivity index (χ4v) is 3.77. The van der Waals surface area contributed by atoms with Crippen molar-refractivity contribution in [1.29, 1.82) is 0 Å². The first-order chi connectivity index (χ1) is 13.7. The molecule has 1 aromatic carbocycles. The van der Waals surface area contributed by atoms with E-state index in [0.717, 1.165) is 62.2 Å². The highest BCUT2D eigenvalue weighted by Gasteiger charge is 2.14. The van der Waals surface area contributed by atoms with Crippen LogP contribution in [0.25, 0.3) is 0 Å². The summed E-state index contributed by atoms with van der Waals surface area (Å²) >= 11 is 1.69. The van der Waals surface area contributed by atoms with E-state index in [2.05, 4.69) is 50.3 Å². The third-order valence-electron chi connectivity index (χ3n) is 4.67. The number of aryl methyl sites for hydroxylation is 1. The van der Waals surface area contributed by atoms with Crippen LogP contribution < -0.4 is 10.6 Å². The van der Waals surface area contributed by atoms with Crippen LogP contribution in [-0.2, 0) is 29.0 Å². The Morgan fingerprint density at radius 1 is 1.29 bits per heavy atom. The Bertz CT molecular complexity index is 756. The molecule has 152 valence electrons. The second-order valence-electron chi connectivity index (χ2n) is 6.90. The minimum absolute atomic E-state index is 0.320. The second-order valence-corrected chi connectivity index (χ2v) is 7.97. The topological polar surface area (TPSA) is 67.8 Å². The van der Waals surface area contributed by atoms with Gasteiger partial charge in [0.1, 0.15) is 0 Å². The van der Waals surface area contributed by atoms with Gasteiger partial charge in [-0.15, -0.1) is 11.3 Å². The molecular formula is C21H30N4O2S. The average Bonchev–Trinajstić information content (AvgIpc) is 3.15. The molecule has 1 aromatic heterocycles. The van der Waals surface area contributed by atoms with Crippen molar-refractivity contribution in [2.75, 3.05) is 26.8 Å². The molecule has 0 aliphatic carbocycles. The molecule has 0 bridgehead atoms. The van der Waals surface area contributed by atoms with Crippen molar-refractivity contribution in [3.8, 4) is 0 Å². The SMILES string of the molecule is CN=C(NCCc1csc(C)n1)NCc1cccc(COC2CCOCC2)c1. The van der Waals surface area contributed by atoms with Gasteiger partial charge in [0.05, 0.1) is 23.4 Å². The second kappa shape index (κ2) is 11.1. The van der Waals surface area contributed by atoms with E-state index < -0.39 is 0 Å². The van der Waals surface area contributed by atoms with E-state index in [-0.39, 0.29) is 0 Å². The summed E-state index contributed by atoms with van der Waals surface area (Å²) in [6, 6.07) is 8.51. The Kier molecular flexibility index (Phi) is 8.26. The van der Waals surface area contributed by atoms with Crippen molar-refractivity contribution in [2.45, 2.75) is 45.4 Å². The van der Waals surface area contributed by atoms with Gasteiger partial charge in [0, 0.05) is 45.2 Å². The van der Waals surface area contributed by atoms with Crippen LogP contribution >= 0.6 is 11.3 Å². The molecule has 0 radical (unpaired) electrons. The van der Waals surface area contributed by atoms with Gasteiger partial charge in [0.25, 0.3) is 0 Å². The monoisotopic (exact) mass is 402 g/mol. The van der Waals surface area contributed by atoms with Crippen molar-refractivity contribution in [3.63, 3.8) is 0 Å². The maximum Gasteiger partial charge on any atom is 0.191 e. The van der Waals surface area contributed by atoms with Gasteiger partial charge >= 0.3 is 0 Å². The number of nitrogens with one attached hydrogen (secondary N) is 2. The van der Waals surface area contributed by atoms with Gasteiger partial charge < -0.3 is 20.1 Å². The van der Waals surface area contributed by atoms with Gasteiger partial charge in [-0.25, -0.2) is 4.98 Å². The highest BCUT2D eigenvalue weighted by Crippen LogP contribution is 2.14. The first-order valence-electron chi connectivity index (χ1n) is 9.85. The van der Waals surface area contributed by atoms with Crippen LogP contribution in [0.1, 0.15) is 34.7 Å². The predicted octanol–water partition coefficient (Wildman–Crippen LogP) is 3.05. The number of guanidine groups is 1. The summed E-state index contributed by atoms with van der Waals surface area (Å²) < 4.78 is 11.4. The zero-order valence-corrected chi connectivity index (χ0v) is 17.6. The van der Waals surface area contributed by atoms with Gasteiger partial charge in [-0.2, -0.15) is 0 Å². The number of nitrogens with zero attached hydrogens (tertiary/aromatic N) is 2. The molecule has 1 fully saturated rings. The normalized spacial score (nSPS) is 15.6. The summed E-state index contributed by atoms with van der Waals surface area (Å²) in [6.45, 7) is 5.83. The molecule has 2 heterocycles. The maximum atomic E-state index is 6.03. The molecule has 0 atom stereocenters.